The fourth-order valence-electron chi connectivity index (χ4n) is 3.48. The number of rotatable bonds is 6. The molecule has 0 aromatic heterocycles. The summed E-state index contributed by atoms with van der Waals surface area (Å²) in [6.07, 6.45) is 0.698. The van der Waals surface area contributed by atoms with Crippen LogP contribution >= 0.6 is 0 Å². The van der Waals surface area contributed by atoms with Crippen molar-refractivity contribution in [2.45, 2.75) is 26.7 Å². The molecular formula is C23H22FNO5. The number of anilines is 1. The van der Waals surface area contributed by atoms with Crippen LogP contribution in [0.1, 0.15) is 37.0 Å². The zero-order chi connectivity index (χ0) is 21.8. The zero-order valence-corrected chi connectivity index (χ0v) is 17.0. The lowest BCUT2D eigenvalue weighted by Gasteiger charge is -2.13. The largest absolute Gasteiger partial charge is 0.495 e. The van der Waals surface area contributed by atoms with Crippen molar-refractivity contribution < 1.29 is 28.2 Å². The van der Waals surface area contributed by atoms with Crippen LogP contribution in [0.25, 0.3) is 11.3 Å². The van der Waals surface area contributed by atoms with E-state index in [-0.39, 0.29) is 29.4 Å². The van der Waals surface area contributed by atoms with Crippen LogP contribution in [-0.4, -0.2) is 31.5 Å². The van der Waals surface area contributed by atoms with E-state index in [9.17, 15) is 18.8 Å². The van der Waals surface area contributed by atoms with E-state index in [1.54, 1.807) is 19.1 Å². The third-order valence-electron chi connectivity index (χ3n) is 4.75. The van der Waals surface area contributed by atoms with Crippen molar-refractivity contribution in [2.24, 2.45) is 0 Å². The number of benzene rings is 2. The molecule has 0 aliphatic carbocycles. The minimum atomic E-state index is -0.572. The Hall–Kier alpha value is -3.48. The van der Waals surface area contributed by atoms with Crippen molar-refractivity contribution in [2.75, 3.05) is 18.6 Å². The summed E-state index contributed by atoms with van der Waals surface area (Å²) < 4.78 is 24.3. The summed E-state index contributed by atoms with van der Waals surface area (Å²) in [6.45, 7) is 3.33. The maximum atomic E-state index is 13.8. The number of aryl methyl sites for hydroxylation is 1. The SMILES string of the molecule is CCOC(=O)CCc1cccc(/C(OC)=C2\C(=O)N(C(C)=O)c3cc(F)ccc32)c1. The molecule has 1 aliphatic heterocycles. The first kappa shape index (κ1) is 21.2. The lowest BCUT2D eigenvalue weighted by molar-refractivity contribution is -0.143. The molecule has 0 fully saturated rings. The van der Waals surface area contributed by atoms with E-state index < -0.39 is 17.6 Å². The topological polar surface area (TPSA) is 72.9 Å². The van der Waals surface area contributed by atoms with Crippen molar-refractivity contribution in [3.05, 3.63) is 65.0 Å². The summed E-state index contributed by atoms with van der Waals surface area (Å²) in [6, 6.07) is 11.1. The zero-order valence-electron chi connectivity index (χ0n) is 17.0. The van der Waals surface area contributed by atoms with E-state index in [2.05, 4.69) is 0 Å². The Bertz CT molecular complexity index is 1040. The maximum absolute atomic E-state index is 13.8. The van der Waals surface area contributed by atoms with Gasteiger partial charge in [-0.05, 0) is 43.2 Å². The molecule has 0 N–H and O–H groups in total. The molecule has 2 amide bonds. The molecule has 30 heavy (non-hydrogen) atoms. The number of nitrogens with zero attached hydrogens (tertiary/aromatic N) is 1. The summed E-state index contributed by atoms with van der Waals surface area (Å²) in [5.41, 5.74) is 2.28. The first-order chi connectivity index (χ1) is 14.4. The summed E-state index contributed by atoms with van der Waals surface area (Å²) >= 11 is 0. The Morgan fingerprint density at radius 3 is 2.57 bits per heavy atom. The number of carbonyl (C=O) groups is 3. The van der Waals surface area contributed by atoms with Gasteiger partial charge in [-0.2, -0.15) is 0 Å². The molecule has 0 atom stereocenters. The Balaban J connectivity index is 2.05. The van der Waals surface area contributed by atoms with Crippen LogP contribution < -0.4 is 4.90 Å². The molecule has 1 heterocycles. The number of methoxy groups -OCH3 is 1. The quantitative estimate of drug-likeness (QED) is 0.411. The molecule has 6 nitrogen and oxygen atoms in total. The lowest BCUT2D eigenvalue weighted by Crippen LogP contribution is -2.31. The second kappa shape index (κ2) is 8.90. The van der Waals surface area contributed by atoms with E-state index in [0.29, 0.717) is 24.2 Å². The van der Waals surface area contributed by atoms with Gasteiger partial charge in [0.2, 0.25) is 5.91 Å². The molecule has 2 aromatic rings. The Labute approximate surface area is 173 Å². The molecule has 3 rings (SSSR count). The number of imide groups is 1. The number of carbonyl (C=O) groups excluding carboxylic acids is 3. The van der Waals surface area contributed by atoms with Gasteiger partial charge < -0.3 is 9.47 Å². The van der Waals surface area contributed by atoms with Crippen LogP contribution in [0.15, 0.2) is 42.5 Å². The third-order valence-corrected chi connectivity index (χ3v) is 4.75. The molecule has 0 unspecified atom stereocenters. The first-order valence-electron chi connectivity index (χ1n) is 9.55. The summed E-state index contributed by atoms with van der Waals surface area (Å²) in [7, 11) is 1.43. The Kier molecular flexibility index (Phi) is 6.30. The highest BCUT2D eigenvalue weighted by Gasteiger charge is 2.38. The fourth-order valence-corrected chi connectivity index (χ4v) is 3.48. The highest BCUT2D eigenvalue weighted by Crippen LogP contribution is 2.41. The summed E-state index contributed by atoms with van der Waals surface area (Å²) in [5, 5.41) is 0. The number of ether oxygens (including phenoxy) is 2. The highest BCUT2D eigenvalue weighted by molar-refractivity contribution is 6.42. The van der Waals surface area contributed by atoms with Crippen molar-refractivity contribution in [3.8, 4) is 0 Å². The second-order valence-electron chi connectivity index (χ2n) is 6.73. The van der Waals surface area contributed by atoms with Gasteiger partial charge in [0.1, 0.15) is 11.6 Å². The van der Waals surface area contributed by atoms with Crippen LogP contribution in [0.3, 0.4) is 0 Å². The van der Waals surface area contributed by atoms with Gasteiger partial charge in [0.05, 0.1) is 25.0 Å². The maximum Gasteiger partial charge on any atom is 0.306 e. The molecule has 0 radical (unpaired) electrons. The predicted molar refractivity (Wildman–Crippen MR) is 110 cm³/mol. The minimum absolute atomic E-state index is 0.185. The normalized spacial score (nSPS) is 14.4. The van der Waals surface area contributed by atoms with Crippen LogP contribution in [0.4, 0.5) is 10.1 Å². The van der Waals surface area contributed by atoms with Crippen LogP contribution in [0.5, 0.6) is 0 Å². The summed E-state index contributed by atoms with van der Waals surface area (Å²) in [4.78, 5) is 37.7. The van der Waals surface area contributed by atoms with Crippen LogP contribution in [0.2, 0.25) is 0 Å². The van der Waals surface area contributed by atoms with Gasteiger partial charge in [0, 0.05) is 24.5 Å². The van der Waals surface area contributed by atoms with E-state index in [1.165, 1.54) is 26.2 Å². The predicted octanol–water partition coefficient (Wildman–Crippen LogP) is 3.73. The average Bonchev–Trinajstić information content (AvgIpc) is 2.99. The van der Waals surface area contributed by atoms with Crippen molar-refractivity contribution in [1.29, 1.82) is 0 Å². The van der Waals surface area contributed by atoms with Gasteiger partial charge in [-0.3, -0.25) is 14.4 Å². The number of halogens is 1. The summed E-state index contributed by atoms with van der Waals surface area (Å²) in [5.74, 6) is -1.65. The molecule has 0 spiro atoms. The van der Waals surface area contributed by atoms with E-state index in [1.807, 2.05) is 12.1 Å². The minimum Gasteiger partial charge on any atom is -0.495 e. The smallest absolute Gasteiger partial charge is 0.306 e. The molecule has 2 aromatic carbocycles. The van der Waals surface area contributed by atoms with Crippen LogP contribution in [-0.2, 0) is 30.3 Å². The van der Waals surface area contributed by atoms with Crippen molar-refractivity contribution in [3.63, 3.8) is 0 Å². The number of amides is 2. The monoisotopic (exact) mass is 411 g/mol. The van der Waals surface area contributed by atoms with Gasteiger partial charge in [-0.1, -0.05) is 18.2 Å². The lowest BCUT2D eigenvalue weighted by atomic mass is 9.99. The van der Waals surface area contributed by atoms with Crippen molar-refractivity contribution >= 4 is 34.8 Å². The second-order valence-corrected chi connectivity index (χ2v) is 6.73. The average molecular weight is 411 g/mol. The molecular weight excluding hydrogens is 389 g/mol. The third kappa shape index (κ3) is 4.10. The van der Waals surface area contributed by atoms with Crippen LogP contribution in [0, 0.1) is 5.82 Å². The molecule has 1 aliphatic rings. The van der Waals surface area contributed by atoms with E-state index in [4.69, 9.17) is 9.47 Å². The first-order valence-corrected chi connectivity index (χ1v) is 9.55. The molecule has 156 valence electrons. The molecule has 0 saturated carbocycles. The molecule has 0 bridgehead atoms. The van der Waals surface area contributed by atoms with Gasteiger partial charge in [-0.25, -0.2) is 9.29 Å². The van der Waals surface area contributed by atoms with E-state index in [0.717, 1.165) is 16.5 Å². The molecule has 7 heteroatoms. The number of esters is 1. The Morgan fingerprint density at radius 2 is 1.90 bits per heavy atom. The fraction of sp³-hybridized carbons (Fsp3) is 0.261. The molecule has 0 saturated heterocycles. The van der Waals surface area contributed by atoms with Crippen molar-refractivity contribution in [1.82, 2.24) is 0 Å². The van der Waals surface area contributed by atoms with Gasteiger partial charge in [0.25, 0.3) is 5.91 Å². The van der Waals surface area contributed by atoms with E-state index >= 15 is 0 Å². The number of hydrogen-bond donors (Lipinski definition) is 0. The number of fused-ring (bicyclic) bond motifs is 1. The standard InChI is InChI=1S/C23H22FNO5/c1-4-30-20(27)11-8-15-6-5-7-16(12-15)22(29-3)21-18-10-9-17(24)13-19(18)25(14(2)26)23(21)28/h5-7,9-10,12-13H,4,8,11H2,1-3H3/b22-21+. The Morgan fingerprint density at radius 1 is 1.13 bits per heavy atom. The highest BCUT2D eigenvalue weighted by atomic mass is 19.1. The van der Waals surface area contributed by atoms with Gasteiger partial charge >= 0.3 is 5.97 Å². The number of hydrogen-bond acceptors (Lipinski definition) is 5. The van der Waals surface area contributed by atoms with Gasteiger partial charge in [-0.15, -0.1) is 0 Å². The van der Waals surface area contributed by atoms with Gasteiger partial charge in [0.15, 0.2) is 0 Å².